The Balaban J connectivity index is 2.12. The molecule has 13 heavy (non-hydrogen) atoms. The zero-order chi connectivity index (χ0) is 9.10. The third-order valence-corrected chi connectivity index (χ3v) is 2.91. The van der Waals surface area contributed by atoms with Crippen molar-refractivity contribution in [3.05, 3.63) is 29.3 Å². The molecule has 0 aromatic heterocycles. The molecule has 0 saturated carbocycles. The van der Waals surface area contributed by atoms with Crippen LogP contribution in [0.2, 0.25) is 0 Å². The summed E-state index contributed by atoms with van der Waals surface area (Å²) in [5, 5.41) is 1.08. The SMILES string of the molecule is BrCCCc1ccc2c(c1)CCO2. The molecule has 0 saturated heterocycles. The summed E-state index contributed by atoms with van der Waals surface area (Å²) in [6.07, 6.45) is 3.45. The Bertz CT molecular complexity index is 296. The van der Waals surface area contributed by atoms with Crippen LogP contribution in [0.25, 0.3) is 0 Å². The van der Waals surface area contributed by atoms with E-state index in [-0.39, 0.29) is 0 Å². The van der Waals surface area contributed by atoms with Crippen molar-refractivity contribution in [2.75, 3.05) is 11.9 Å². The molecule has 1 aromatic rings. The Morgan fingerprint density at radius 1 is 1.38 bits per heavy atom. The van der Waals surface area contributed by atoms with E-state index in [9.17, 15) is 0 Å². The molecule has 0 amide bonds. The lowest BCUT2D eigenvalue weighted by Crippen LogP contribution is -1.87. The zero-order valence-electron chi connectivity index (χ0n) is 7.55. The lowest BCUT2D eigenvalue weighted by Gasteiger charge is -2.02. The number of hydrogen-bond acceptors (Lipinski definition) is 1. The topological polar surface area (TPSA) is 9.23 Å². The molecule has 1 aliphatic heterocycles. The number of rotatable bonds is 3. The van der Waals surface area contributed by atoms with Crippen molar-refractivity contribution in [1.82, 2.24) is 0 Å². The highest BCUT2D eigenvalue weighted by molar-refractivity contribution is 9.09. The maximum Gasteiger partial charge on any atom is 0.122 e. The molecule has 0 radical (unpaired) electrons. The van der Waals surface area contributed by atoms with Crippen molar-refractivity contribution < 1.29 is 4.74 Å². The number of benzene rings is 1. The van der Waals surface area contributed by atoms with E-state index in [0.717, 1.165) is 24.1 Å². The predicted molar refractivity (Wildman–Crippen MR) is 57.8 cm³/mol. The van der Waals surface area contributed by atoms with Crippen LogP contribution in [0.4, 0.5) is 0 Å². The Kier molecular flexibility index (Phi) is 2.89. The van der Waals surface area contributed by atoms with Gasteiger partial charge in [-0.3, -0.25) is 0 Å². The van der Waals surface area contributed by atoms with Gasteiger partial charge in [-0.15, -0.1) is 0 Å². The standard InChI is InChI=1S/C11H13BrO/c12-6-1-2-9-3-4-11-10(8-9)5-7-13-11/h3-4,8H,1-2,5-7H2. The largest absolute Gasteiger partial charge is 0.493 e. The summed E-state index contributed by atoms with van der Waals surface area (Å²) in [5.41, 5.74) is 2.82. The van der Waals surface area contributed by atoms with Crippen LogP contribution in [-0.2, 0) is 12.8 Å². The van der Waals surface area contributed by atoms with Gasteiger partial charge in [0.05, 0.1) is 6.61 Å². The number of halogens is 1. The number of alkyl halides is 1. The second-order valence-corrected chi connectivity index (χ2v) is 4.13. The molecule has 70 valence electrons. The minimum Gasteiger partial charge on any atom is -0.493 e. The van der Waals surface area contributed by atoms with Gasteiger partial charge in [0.25, 0.3) is 0 Å². The summed E-state index contributed by atoms with van der Waals surface area (Å²) < 4.78 is 5.45. The predicted octanol–water partition coefficient (Wildman–Crippen LogP) is 2.95. The van der Waals surface area contributed by atoms with E-state index in [1.54, 1.807) is 0 Å². The van der Waals surface area contributed by atoms with E-state index >= 15 is 0 Å². The average molecular weight is 241 g/mol. The quantitative estimate of drug-likeness (QED) is 0.739. The van der Waals surface area contributed by atoms with E-state index in [0.29, 0.717) is 0 Å². The molecular weight excluding hydrogens is 228 g/mol. The molecule has 0 atom stereocenters. The van der Waals surface area contributed by atoms with Gasteiger partial charge < -0.3 is 4.74 Å². The highest BCUT2D eigenvalue weighted by Gasteiger charge is 2.11. The maximum absolute atomic E-state index is 5.45. The molecular formula is C11H13BrO. The molecule has 1 nitrogen and oxygen atoms in total. The maximum atomic E-state index is 5.45. The molecule has 0 spiro atoms. The van der Waals surface area contributed by atoms with Gasteiger partial charge in [0.15, 0.2) is 0 Å². The van der Waals surface area contributed by atoms with Crippen LogP contribution in [-0.4, -0.2) is 11.9 Å². The summed E-state index contributed by atoms with van der Waals surface area (Å²) >= 11 is 3.44. The van der Waals surface area contributed by atoms with Gasteiger partial charge in [0.1, 0.15) is 5.75 Å². The first-order chi connectivity index (χ1) is 6.40. The fourth-order valence-electron chi connectivity index (χ4n) is 1.67. The molecule has 1 heterocycles. The number of ether oxygens (including phenoxy) is 1. The molecule has 0 aliphatic carbocycles. The first-order valence-electron chi connectivity index (χ1n) is 4.71. The normalized spacial score (nSPS) is 13.9. The molecule has 0 unspecified atom stereocenters. The third kappa shape index (κ3) is 2.05. The van der Waals surface area contributed by atoms with Gasteiger partial charge in [0.2, 0.25) is 0 Å². The monoisotopic (exact) mass is 240 g/mol. The van der Waals surface area contributed by atoms with Crippen LogP contribution >= 0.6 is 15.9 Å². The van der Waals surface area contributed by atoms with Crippen LogP contribution in [0.3, 0.4) is 0 Å². The van der Waals surface area contributed by atoms with E-state index in [1.807, 2.05) is 0 Å². The fourth-order valence-corrected chi connectivity index (χ4v) is 1.95. The van der Waals surface area contributed by atoms with Crippen molar-refractivity contribution in [1.29, 1.82) is 0 Å². The Morgan fingerprint density at radius 3 is 3.15 bits per heavy atom. The van der Waals surface area contributed by atoms with E-state index < -0.39 is 0 Å². The lowest BCUT2D eigenvalue weighted by atomic mass is 10.1. The van der Waals surface area contributed by atoms with Crippen molar-refractivity contribution in [3.8, 4) is 5.75 Å². The van der Waals surface area contributed by atoms with E-state index in [2.05, 4.69) is 34.1 Å². The summed E-state index contributed by atoms with van der Waals surface area (Å²) in [4.78, 5) is 0. The van der Waals surface area contributed by atoms with Crippen LogP contribution in [0.5, 0.6) is 5.75 Å². The van der Waals surface area contributed by atoms with E-state index in [1.165, 1.54) is 24.0 Å². The van der Waals surface area contributed by atoms with E-state index in [4.69, 9.17) is 4.74 Å². The molecule has 1 aromatic carbocycles. The molecule has 0 bridgehead atoms. The molecule has 0 N–H and O–H groups in total. The first kappa shape index (κ1) is 9.07. The molecule has 1 aliphatic rings. The van der Waals surface area contributed by atoms with Gasteiger partial charge in [-0.05, 0) is 30.0 Å². The van der Waals surface area contributed by atoms with Gasteiger partial charge in [0, 0.05) is 11.8 Å². The van der Waals surface area contributed by atoms with Gasteiger partial charge >= 0.3 is 0 Å². The van der Waals surface area contributed by atoms with Crippen LogP contribution in [0.1, 0.15) is 17.5 Å². The Labute approximate surface area is 87.2 Å². The fraction of sp³-hybridized carbons (Fsp3) is 0.455. The lowest BCUT2D eigenvalue weighted by molar-refractivity contribution is 0.357. The second-order valence-electron chi connectivity index (χ2n) is 3.33. The smallest absolute Gasteiger partial charge is 0.122 e. The van der Waals surface area contributed by atoms with Gasteiger partial charge in [-0.25, -0.2) is 0 Å². The van der Waals surface area contributed by atoms with Crippen molar-refractivity contribution in [2.45, 2.75) is 19.3 Å². The Hall–Kier alpha value is -0.500. The van der Waals surface area contributed by atoms with Gasteiger partial charge in [-0.1, -0.05) is 28.1 Å². The Morgan fingerprint density at radius 2 is 2.31 bits per heavy atom. The average Bonchev–Trinajstić information content (AvgIpc) is 2.61. The van der Waals surface area contributed by atoms with Crippen LogP contribution in [0, 0.1) is 0 Å². The zero-order valence-corrected chi connectivity index (χ0v) is 9.14. The third-order valence-electron chi connectivity index (χ3n) is 2.35. The van der Waals surface area contributed by atoms with Crippen LogP contribution in [0.15, 0.2) is 18.2 Å². The first-order valence-corrected chi connectivity index (χ1v) is 5.83. The highest BCUT2D eigenvalue weighted by atomic mass is 79.9. The highest BCUT2D eigenvalue weighted by Crippen LogP contribution is 2.26. The molecule has 2 rings (SSSR count). The second kappa shape index (κ2) is 4.14. The van der Waals surface area contributed by atoms with Crippen molar-refractivity contribution in [3.63, 3.8) is 0 Å². The minimum atomic E-state index is 0.858. The van der Waals surface area contributed by atoms with Crippen molar-refractivity contribution in [2.24, 2.45) is 0 Å². The summed E-state index contributed by atoms with van der Waals surface area (Å²) in [5.74, 6) is 1.09. The summed E-state index contributed by atoms with van der Waals surface area (Å²) in [6.45, 7) is 0.858. The summed E-state index contributed by atoms with van der Waals surface area (Å²) in [7, 11) is 0. The minimum absolute atomic E-state index is 0.858. The van der Waals surface area contributed by atoms with Gasteiger partial charge in [-0.2, -0.15) is 0 Å². The van der Waals surface area contributed by atoms with Crippen molar-refractivity contribution >= 4 is 15.9 Å². The molecule has 2 heteroatoms. The number of aryl methyl sites for hydroxylation is 1. The van der Waals surface area contributed by atoms with Crippen LogP contribution < -0.4 is 4.74 Å². The molecule has 0 fully saturated rings. The number of hydrogen-bond donors (Lipinski definition) is 0. The summed E-state index contributed by atoms with van der Waals surface area (Å²) in [6, 6.07) is 6.56. The number of fused-ring (bicyclic) bond motifs is 1.